The second-order valence-electron chi connectivity index (χ2n) is 6.02. The Morgan fingerprint density at radius 1 is 0.786 bits per heavy atom. The van der Waals surface area contributed by atoms with Gasteiger partial charge in [0, 0.05) is 43.3 Å². The summed E-state index contributed by atoms with van der Waals surface area (Å²) in [5.74, 6) is 0. The highest BCUT2D eigenvalue weighted by Crippen LogP contribution is 2.36. The lowest BCUT2D eigenvalue weighted by Gasteiger charge is -2.14. The fraction of sp³-hybridized carbons (Fsp3) is 0. The number of anilines is 3. The van der Waals surface area contributed by atoms with Crippen LogP contribution in [0.5, 0.6) is 0 Å². The lowest BCUT2D eigenvalue weighted by molar-refractivity contribution is 1.43. The number of fused-ring (bicyclic) bond motifs is 2. The first-order valence-corrected chi connectivity index (χ1v) is 8.28. The molecule has 4 rings (SSSR count). The third-order valence-electron chi connectivity index (χ3n) is 4.24. The second-order valence-corrected chi connectivity index (χ2v) is 6.02. The van der Waals surface area contributed by atoms with Crippen molar-refractivity contribution < 1.29 is 0 Å². The van der Waals surface area contributed by atoms with E-state index in [4.69, 9.17) is 16.8 Å². The van der Waals surface area contributed by atoms with Gasteiger partial charge in [-0.1, -0.05) is 34.5 Å². The van der Waals surface area contributed by atoms with Gasteiger partial charge in [0.15, 0.2) is 0 Å². The van der Waals surface area contributed by atoms with Crippen LogP contribution in [-0.4, -0.2) is 4.98 Å². The van der Waals surface area contributed by atoms with Crippen LogP contribution in [-0.2, 0) is 0 Å². The van der Waals surface area contributed by atoms with Crippen molar-refractivity contribution >= 4 is 50.2 Å². The molecule has 3 N–H and O–H groups in total. The largest absolute Gasteiger partial charge is 0.399 e. The Balaban J connectivity index is 1.99. The van der Waals surface area contributed by atoms with E-state index in [1.165, 1.54) is 0 Å². The van der Waals surface area contributed by atoms with Gasteiger partial charge in [-0.3, -0.25) is 0 Å². The zero-order chi connectivity index (χ0) is 19.5. The van der Waals surface area contributed by atoms with E-state index in [1.807, 2.05) is 36.4 Å². The predicted molar refractivity (Wildman–Crippen MR) is 111 cm³/mol. The monoisotopic (exact) mass is 367 g/mol. The molecule has 9 nitrogen and oxygen atoms in total. The Hall–Kier alpha value is -4.45. The van der Waals surface area contributed by atoms with Crippen LogP contribution in [0, 0.1) is 0 Å². The SMILES string of the molecule is [N-]=[N+]=Nc1ccc2c(Nc3ccc(N)cc3)c3ccc(N=[N+]=[N-])cc3nc2c1. The first-order valence-electron chi connectivity index (χ1n) is 8.28. The van der Waals surface area contributed by atoms with Crippen LogP contribution in [0.4, 0.5) is 28.4 Å². The molecule has 0 saturated carbocycles. The first-order chi connectivity index (χ1) is 13.7. The number of nitrogen functional groups attached to an aromatic ring is 1. The number of hydrogen-bond donors (Lipinski definition) is 2. The molecule has 9 heteroatoms. The number of pyridine rings is 1. The highest BCUT2D eigenvalue weighted by atomic mass is 15.1. The molecule has 0 unspecified atom stereocenters. The van der Waals surface area contributed by atoms with Crippen molar-refractivity contribution in [2.75, 3.05) is 11.1 Å². The van der Waals surface area contributed by atoms with E-state index in [2.05, 4.69) is 30.4 Å². The number of hydrogen-bond acceptors (Lipinski definition) is 5. The summed E-state index contributed by atoms with van der Waals surface area (Å²) >= 11 is 0. The fourth-order valence-electron chi connectivity index (χ4n) is 3.00. The molecule has 0 saturated heterocycles. The van der Waals surface area contributed by atoms with Crippen LogP contribution in [0.3, 0.4) is 0 Å². The number of benzene rings is 3. The number of nitrogens with two attached hydrogens (primary N) is 1. The number of nitrogens with zero attached hydrogens (tertiary/aromatic N) is 7. The van der Waals surface area contributed by atoms with Crippen LogP contribution in [0.2, 0.25) is 0 Å². The minimum atomic E-state index is 0.464. The quantitative estimate of drug-likeness (QED) is 0.137. The van der Waals surface area contributed by atoms with Crippen molar-refractivity contribution in [1.82, 2.24) is 4.98 Å². The standard InChI is InChI=1S/C19H13N9/c20-11-1-3-12(4-2-11)23-19-15-7-5-13(25-27-21)9-17(15)24-18-10-14(26-28-22)6-8-16(18)19/h1-10H,20H2,(H,23,24). The van der Waals surface area contributed by atoms with Gasteiger partial charge in [-0.25, -0.2) is 4.98 Å². The van der Waals surface area contributed by atoms with Gasteiger partial charge in [0.2, 0.25) is 0 Å². The van der Waals surface area contributed by atoms with Crippen molar-refractivity contribution in [1.29, 1.82) is 0 Å². The summed E-state index contributed by atoms with van der Waals surface area (Å²) in [5, 5.41) is 12.4. The molecule has 134 valence electrons. The summed E-state index contributed by atoms with van der Waals surface area (Å²) in [6.07, 6.45) is 0. The molecule has 0 aliphatic rings. The zero-order valence-electron chi connectivity index (χ0n) is 14.5. The van der Waals surface area contributed by atoms with E-state index in [1.54, 1.807) is 24.3 Å². The predicted octanol–water partition coefficient (Wildman–Crippen LogP) is 6.60. The van der Waals surface area contributed by atoms with Gasteiger partial charge in [-0.05, 0) is 47.5 Å². The Morgan fingerprint density at radius 3 is 1.82 bits per heavy atom. The van der Waals surface area contributed by atoms with E-state index >= 15 is 0 Å². The molecule has 28 heavy (non-hydrogen) atoms. The Morgan fingerprint density at radius 2 is 1.32 bits per heavy atom. The maximum atomic E-state index is 8.70. The Bertz CT molecular complexity index is 1220. The summed E-state index contributed by atoms with van der Waals surface area (Å²) < 4.78 is 0. The van der Waals surface area contributed by atoms with Gasteiger partial charge in [0.05, 0.1) is 16.7 Å². The third kappa shape index (κ3) is 3.17. The molecule has 0 amide bonds. The minimum absolute atomic E-state index is 0.464. The summed E-state index contributed by atoms with van der Waals surface area (Å²) in [6.45, 7) is 0. The summed E-state index contributed by atoms with van der Waals surface area (Å²) in [5.41, 5.74) is 27.8. The van der Waals surface area contributed by atoms with Crippen LogP contribution < -0.4 is 11.1 Å². The van der Waals surface area contributed by atoms with E-state index in [0.29, 0.717) is 28.1 Å². The molecule has 4 aromatic rings. The van der Waals surface area contributed by atoms with E-state index in [0.717, 1.165) is 22.1 Å². The number of azide groups is 2. The molecule has 0 fully saturated rings. The van der Waals surface area contributed by atoms with E-state index < -0.39 is 0 Å². The van der Waals surface area contributed by atoms with Crippen molar-refractivity contribution in [2.24, 2.45) is 10.2 Å². The summed E-state index contributed by atoms with van der Waals surface area (Å²) in [7, 11) is 0. The van der Waals surface area contributed by atoms with Gasteiger partial charge < -0.3 is 11.1 Å². The van der Waals surface area contributed by atoms with Crippen LogP contribution in [0.1, 0.15) is 0 Å². The molecule has 1 heterocycles. The molecular formula is C19H13N9. The van der Waals surface area contributed by atoms with Gasteiger partial charge >= 0.3 is 0 Å². The average molecular weight is 367 g/mol. The maximum Gasteiger partial charge on any atom is 0.0735 e. The van der Waals surface area contributed by atoms with Crippen molar-refractivity contribution in [3.8, 4) is 0 Å². The molecule has 0 aliphatic carbocycles. The van der Waals surface area contributed by atoms with Crippen LogP contribution >= 0.6 is 0 Å². The topological polar surface area (TPSA) is 148 Å². The highest BCUT2D eigenvalue weighted by molar-refractivity contribution is 6.09. The second kappa shape index (κ2) is 7.05. The molecule has 3 aromatic carbocycles. The molecule has 0 bridgehead atoms. The van der Waals surface area contributed by atoms with Gasteiger partial charge in [0.1, 0.15) is 0 Å². The van der Waals surface area contributed by atoms with E-state index in [-0.39, 0.29) is 0 Å². The molecular weight excluding hydrogens is 354 g/mol. The normalized spacial score (nSPS) is 10.3. The third-order valence-corrected chi connectivity index (χ3v) is 4.24. The van der Waals surface area contributed by atoms with Crippen molar-refractivity contribution in [3.05, 3.63) is 81.5 Å². The fourth-order valence-corrected chi connectivity index (χ4v) is 3.00. The molecule has 1 aromatic heterocycles. The number of nitrogens with one attached hydrogen (secondary N) is 1. The van der Waals surface area contributed by atoms with Gasteiger partial charge in [-0.15, -0.1) is 0 Å². The molecule has 0 aliphatic heterocycles. The zero-order valence-corrected chi connectivity index (χ0v) is 14.5. The first kappa shape index (κ1) is 17.0. The smallest absolute Gasteiger partial charge is 0.0735 e. The Kier molecular flexibility index (Phi) is 4.28. The van der Waals surface area contributed by atoms with Gasteiger partial charge in [-0.2, -0.15) is 0 Å². The molecule has 0 spiro atoms. The molecule has 0 radical (unpaired) electrons. The number of rotatable bonds is 4. The van der Waals surface area contributed by atoms with Crippen LogP contribution in [0.25, 0.3) is 42.7 Å². The summed E-state index contributed by atoms with van der Waals surface area (Å²) in [6, 6.07) is 18.0. The maximum absolute atomic E-state index is 8.70. The molecule has 0 atom stereocenters. The lowest BCUT2D eigenvalue weighted by Crippen LogP contribution is -1.95. The van der Waals surface area contributed by atoms with Crippen LogP contribution in [0.15, 0.2) is 70.9 Å². The van der Waals surface area contributed by atoms with E-state index in [9.17, 15) is 0 Å². The lowest BCUT2D eigenvalue weighted by atomic mass is 10.1. The van der Waals surface area contributed by atoms with Crippen molar-refractivity contribution in [2.45, 2.75) is 0 Å². The van der Waals surface area contributed by atoms with Crippen molar-refractivity contribution in [3.63, 3.8) is 0 Å². The number of aromatic nitrogens is 1. The average Bonchev–Trinajstić information content (AvgIpc) is 2.69. The summed E-state index contributed by atoms with van der Waals surface area (Å²) in [4.78, 5) is 10.3. The minimum Gasteiger partial charge on any atom is -0.399 e. The Labute approximate surface area is 158 Å². The van der Waals surface area contributed by atoms with Gasteiger partial charge in [0.25, 0.3) is 0 Å². The highest BCUT2D eigenvalue weighted by Gasteiger charge is 2.11.